The van der Waals surface area contributed by atoms with Crippen LogP contribution in [0.25, 0.3) is 0 Å². The second kappa shape index (κ2) is 6.29. The van der Waals surface area contributed by atoms with Crippen molar-refractivity contribution in [3.63, 3.8) is 0 Å². The van der Waals surface area contributed by atoms with Crippen molar-refractivity contribution >= 4 is 5.96 Å². The van der Waals surface area contributed by atoms with Crippen molar-refractivity contribution in [2.45, 2.75) is 38.0 Å². The first-order chi connectivity index (χ1) is 10.6. The van der Waals surface area contributed by atoms with E-state index in [1.165, 1.54) is 24.0 Å². The number of rotatable bonds is 2. The third-order valence-electron chi connectivity index (χ3n) is 5.06. The van der Waals surface area contributed by atoms with Crippen molar-refractivity contribution in [2.75, 3.05) is 32.8 Å². The number of hydrogen-bond donors (Lipinski definition) is 1. The minimum Gasteiger partial charge on any atom is -0.378 e. The van der Waals surface area contributed by atoms with Crippen LogP contribution in [0.2, 0.25) is 0 Å². The van der Waals surface area contributed by atoms with Gasteiger partial charge < -0.3 is 15.4 Å². The van der Waals surface area contributed by atoms with Gasteiger partial charge in [-0.15, -0.1) is 0 Å². The lowest BCUT2D eigenvalue weighted by molar-refractivity contribution is 0.0674. The zero-order valence-corrected chi connectivity index (χ0v) is 13.7. The van der Waals surface area contributed by atoms with Crippen LogP contribution < -0.4 is 5.73 Å². The highest BCUT2D eigenvalue weighted by atomic mass is 16.5. The van der Waals surface area contributed by atoms with Gasteiger partial charge in [-0.1, -0.05) is 38.1 Å². The molecule has 120 valence electrons. The summed E-state index contributed by atoms with van der Waals surface area (Å²) < 4.78 is 5.36. The Morgan fingerprint density at radius 3 is 2.82 bits per heavy atom. The average molecular weight is 301 g/mol. The van der Waals surface area contributed by atoms with E-state index in [1.54, 1.807) is 0 Å². The van der Waals surface area contributed by atoms with Crippen LogP contribution in [0.4, 0.5) is 0 Å². The van der Waals surface area contributed by atoms with Crippen molar-refractivity contribution in [3.8, 4) is 0 Å². The first-order valence-electron chi connectivity index (χ1n) is 8.30. The van der Waals surface area contributed by atoms with Crippen molar-refractivity contribution < 1.29 is 4.74 Å². The maximum Gasteiger partial charge on any atom is 0.191 e. The normalized spacial score (nSPS) is 24.9. The van der Waals surface area contributed by atoms with E-state index in [-0.39, 0.29) is 5.41 Å². The number of morpholine rings is 1. The lowest BCUT2D eigenvalue weighted by atomic mass is 9.69. The Labute approximate surface area is 133 Å². The van der Waals surface area contributed by atoms with Gasteiger partial charge in [0, 0.05) is 25.6 Å². The maximum atomic E-state index is 6.16. The van der Waals surface area contributed by atoms with Crippen molar-refractivity contribution in [2.24, 2.45) is 10.7 Å². The van der Waals surface area contributed by atoms with E-state index in [9.17, 15) is 0 Å². The number of nitrogens with zero attached hydrogens (tertiary/aromatic N) is 2. The lowest BCUT2D eigenvalue weighted by Gasteiger charge is -2.36. The summed E-state index contributed by atoms with van der Waals surface area (Å²) >= 11 is 0. The first-order valence-corrected chi connectivity index (χ1v) is 8.30. The summed E-state index contributed by atoms with van der Waals surface area (Å²) in [6.45, 7) is 8.66. The van der Waals surface area contributed by atoms with Crippen LogP contribution in [-0.4, -0.2) is 43.7 Å². The number of guanidine groups is 1. The summed E-state index contributed by atoms with van der Waals surface area (Å²) in [4.78, 5) is 6.81. The standard InChI is InChI=1S/C18H27N3O/c1-18(2)8-7-14(15-5-3-4-6-16(15)18)13-20-17(19)21-9-11-22-12-10-21/h3-6,14H,7-13H2,1-2H3,(H2,19,20). The minimum absolute atomic E-state index is 0.270. The van der Waals surface area contributed by atoms with E-state index in [4.69, 9.17) is 10.5 Å². The van der Waals surface area contributed by atoms with Crippen molar-refractivity contribution in [3.05, 3.63) is 35.4 Å². The van der Waals surface area contributed by atoms with Gasteiger partial charge in [0.15, 0.2) is 5.96 Å². The molecule has 0 amide bonds. The van der Waals surface area contributed by atoms with Gasteiger partial charge in [0.25, 0.3) is 0 Å². The molecule has 2 N–H and O–H groups in total. The van der Waals surface area contributed by atoms with Gasteiger partial charge >= 0.3 is 0 Å². The molecule has 1 aliphatic carbocycles. The number of aliphatic imine (C=N–C) groups is 1. The number of hydrogen-bond acceptors (Lipinski definition) is 2. The Bertz CT molecular complexity index is 547. The van der Waals surface area contributed by atoms with E-state index in [2.05, 4.69) is 48.0 Å². The fourth-order valence-corrected chi connectivity index (χ4v) is 3.58. The molecule has 1 atom stereocenters. The molecule has 0 radical (unpaired) electrons. The average Bonchev–Trinajstić information content (AvgIpc) is 2.55. The number of nitrogens with two attached hydrogens (primary N) is 1. The molecule has 2 aliphatic rings. The van der Waals surface area contributed by atoms with Crippen LogP contribution in [-0.2, 0) is 10.2 Å². The highest BCUT2D eigenvalue weighted by Crippen LogP contribution is 2.42. The van der Waals surface area contributed by atoms with Crippen LogP contribution in [0.5, 0.6) is 0 Å². The van der Waals surface area contributed by atoms with Gasteiger partial charge in [-0.2, -0.15) is 0 Å². The predicted octanol–water partition coefficient (Wildman–Crippen LogP) is 2.49. The number of fused-ring (bicyclic) bond motifs is 1. The monoisotopic (exact) mass is 301 g/mol. The second-order valence-electron chi connectivity index (χ2n) is 7.01. The SMILES string of the molecule is CC1(C)CCC(CN=C(N)N2CCOCC2)c2ccccc21. The second-order valence-corrected chi connectivity index (χ2v) is 7.01. The van der Waals surface area contributed by atoms with Crippen molar-refractivity contribution in [1.29, 1.82) is 0 Å². The molecule has 1 heterocycles. The molecule has 1 fully saturated rings. The topological polar surface area (TPSA) is 50.8 Å². The van der Waals surface area contributed by atoms with Gasteiger partial charge in [-0.25, -0.2) is 0 Å². The summed E-state index contributed by atoms with van der Waals surface area (Å²) in [5.41, 5.74) is 9.36. The molecule has 0 saturated carbocycles. The molecule has 1 aromatic rings. The molecule has 0 spiro atoms. The van der Waals surface area contributed by atoms with Gasteiger partial charge in [-0.3, -0.25) is 4.99 Å². The van der Waals surface area contributed by atoms with E-state index < -0.39 is 0 Å². The fraction of sp³-hybridized carbons (Fsp3) is 0.611. The Morgan fingerprint density at radius 1 is 1.32 bits per heavy atom. The molecule has 1 aliphatic heterocycles. The third kappa shape index (κ3) is 3.12. The zero-order chi connectivity index (χ0) is 15.6. The smallest absolute Gasteiger partial charge is 0.191 e. The molecule has 3 rings (SSSR count). The minimum atomic E-state index is 0.270. The van der Waals surface area contributed by atoms with Crippen LogP contribution >= 0.6 is 0 Å². The van der Waals surface area contributed by atoms with Gasteiger partial charge in [0.05, 0.1) is 13.2 Å². The summed E-state index contributed by atoms with van der Waals surface area (Å²) in [5, 5.41) is 0. The van der Waals surface area contributed by atoms with Crippen LogP contribution in [0.15, 0.2) is 29.3 Å². The highest BCUT2D eigenvalue weighted by Gasteiger charge is 2.32. The molecule has 1 saturated heterocycles. The van der Waals surface area contributed by atoms with Gasteiger partial charge in [0.1, 0.15) is 0 Å². The Balaban J connectivity index is 1.73. The van der Waals surface area contributed by atoms with E-state index in [0.29, 0.717) is 11.9 Å². The van der Waals surface area contributed by atoms with Crippen LogP contribution in [0, 0.1) is 0 Å². The number of ether oxygens (including phenoxy) is 1. The molecule has 1 aromatic carbocycles. The summed E-state index contributed by atoms with van der Waals surface area (Å²) in [6.07, 6.45) is 2.39. The molecular formula is C18H27N3O. The quantitative estimate of drug-likeness (QED) is 0.674. The van der Waals surface area contributed by atoms with Crippen LogP contribution in [0.3, 0.4) is 0 Å². The third-order valence-corrected chi connectivity index (χ3v) is 5.06. The first kappa shape index (κ1) is 15.3. The molecule has 4 heteroatoms. The molecule has 0 aromatic heterocycles. The highest BCUT2D eigenvalue weighted by molar-refractivity contribution is 5.78. The zero-order valence-electron chi connectivity index (χ0n) is 13.7. The van der Waals surface area contributed by atoms with E-state index in [0.717, 1.165) is 32.8 Å². The van der Waals surface area contributed by atoms with E-state index in [1.807, 2.05) is 0 Å². The maximum absolute atomic E-state index is 6.16. The summed E-state index contributed by atoms with van der Waals surface area (Å²) in [5.74, 6) is 1.16. The summed E-state index contributed by atoms with van der Waals surface area (Å²) in [7, 11) is 0. The van der Waals surface area contributed by atoms with Gasteiger partial charge in [-0.05, 0) is 29.4 Å². The van der Waals surface area contributed by atoms with Gasteiger partial charge in [0.2, 0.25) is 0 Å². The molecule has 1 unspecified atom stereocenters. The predicted molar refractivity (Wildman–Crippen MR) is 90.3 cm³/mol. The Morgan fingerprint density at radius 2 is 2.05 bits per heavy atom. The van der Waals surface area contributed by atoms with Crippen LogP contribution in [0.1, 0.15) is 43.7 Å². The largest absolute Gasteiger partial charge is 0.378 e. The molecular weight excluding hydrogens is 274 g/mol. The van der Waals surface area contributed by atoms with Crippen molar-refractivity contribution in [1.82, 2.24) is 4.90 Å². The number of benzene rings is 1. The lowest BCUT2D eigenvalue weighted by Crippen LogP contribution is -2.45. The molecule has 0 bridgehead atoms. The summed E-state index contributed by atoms with van der Waals surface area (Å²) in [6, 6.07) is 8.83. The fourth-order valence-electron chi connectivity index (χ4n) is 3.58. The molecule has 4 nitrogen and oxygen atoms in total. The molecule has 22 heavy (non-hydrogen) atoms. The Kier molecular flexibility index (Phi) is 4.39. The van der Waals surface area contributed by atoms with E-state index >= 15 is 0 Å². The Hall–Kier alpha value is -1.55.